The second-order valence-corrected chi connectivity index (χ2v) is 9.88. The first-order chi connectivity index (χ1) is 20.3. The van der Waals surface area contributed by atoms with Crippen LogP contribution in [0.25, 0.3) is 11.1 Å². The number of rotatable bonds is 9. The number of aliphatic carboxylic acids is 1. The summed E-state index contributed by atoms with van der Waals surface area (Å²) in [5.41, 5.74) is 1.00. The molecule has 0 aliphatic heterocycles. The van der Waals surface area contributed by atoms with Crippen LogP contribution in [0, 0.1) is 5.82 Å². The average Bonchev–Trinajstić information content (AvgIpc) is 2.99. The summed E-state index contributed by atoms with van der Waals surface area (Å²) in [6.45, 7) is 0. The zero-order valence-corrected chi connectivity index (χ0v) is 22.8. The maximum absolute atomic E-state index is 13.6. The fourth-order valence-corrected chi connectivity index (χ4v) is 4.49. The van der Waals surface area contributed by atoms with Crippen molar-refractivity contribution in [1.29, 1.82) is 0 Å². The lowest BCUT2D eigenvalue weighted by molar-refractivity contribution is -0.141. The highest BCUT2D eigenvalue weighted by molar-refractivity contribution is 6.30. The SMILES string of the molecule is O=C(Nc1cc(-c2ccc(F)cc2)cn(C(Cc2ccc(Cl)cc2)C(=O)O)c1=O)c1ccc(Oc2ccccc2)cc1. The van der Waals surface area contributed by atoms with Gasteiger partial charge in [0.15, 0.2) is 0 Å². The number of carbonyl (C=O) groups excluding carboxylic acids is 1. The van der Waals surface area contributed by atoms with E-state index in [4.69, 9.17) is 16.3 Å². The number of carbonyl (C=O) groups is 2. The van der Waals surface area contributed by atoms with Gasteiger partial charge in [-0.05, 0) is 77.9 Å². The summed E-state index contributed by atoms with van der Waals surface area (Å²) in [6, 6.07) is 27.8. The normalized spacial score (nSPS) is 11.5. The Morgan fingerprint density at radius 1 is 0.857 bits per heavy atom. The molecule has 42 heavy (non-hydrogen) atoms. The topological polar surface area (TPSA) is 97.6 Å². The highest BCUT2D eigenvalue weighted by Gasteiger charge is 2.24. The number of nitrogens with one attached hydrogen (secondary N) is 1. The lowest BCUT2D eigenvalue weighted by atomic mass is 10.0. The molecule has 9 heteroatoms. The summed E-state index contributed by atoms with van der Waals surface area (Å²) >= 11 is 5.97. The molecule has 4 aromatic carbocycles. The van der Waals surface area contributed by atoms with Gasteiger partial charge in [0.2, 0.25) is 0 Å². The number of carboxylic acids is 1. The first kappa shape index (κ1) is 28.3. The molecule has 0 spiro atoms. The van der Waals surface area contributed by atoms with Gasteiger partial charge in [0, 0.05) is 28.8 Å². The zero-order valence-electron chi connectivity index (χ0n) is 22.0. The number of ether oxygens (including phenoxy) is 1. The van der Waals surface area contributed by atoms with Crippen LogP contribution < -0.4 is 15.6 Å². The van der Waals surface area contributed by atoms with E-state index in [1.807, 2.05) is 18.2 Å². The van der Waals surface area contributed by atoms with Crippen LogP contribution in [0.3, 0.4) is 0 Å². The van der Waals surface area contributed by atoms with Gasteiger partial charge in [-0.15, -0.1) is 0 Å². The summed E-state index contributed by atoms with van der Waals surface area (Å²) in [4.78, 5) is 39.2. The summed E-state index contributed by atoms with van der Waals surface area (Å²) in [6.07, 6.45) is 1.38. The van der Waals surface area contributed by atoms with Crippen molar-refractivity contribution in [3.63, 3.8) is 0 Å². The van der Waals surface area contributed by atoms with Gasteiger partial charge >= 0.3 is 5.97 Å². The molecule has 2 N–H and O–H groups in total. The van der Waals surface area contributed by atoms with Crippen LogP contribution in [-0.2, 0) is 11.2 Å². The third-order valence-electron chi connectivity index (χ3n) is 6.53. The van der Waals surface area contributed by atoms with E-state index in [0.29, 0.717) is 33.2 Å². The summed E-state index contributed by atoms with van der Waals surface area (Å²) in [5.74, 6) is -1.11. The summed E-state index contributed by atoms with van der Waals surface area (Å²) in [5, 5.41) is 13.2. The minimum atomic E-state index is -1.30. The Hall–Kier alpha value is -5.21. The number of amides is 1. The van der Waals surface area contributed by atoms with Gasteiger partial charge in [0.1, 0.15) is 29.0 Å². The number of nitrogens with zero attached hydrogens (tertiary/aromatic N) is 1. The van der Waals surface area contributed by atoms with Crippen molar-refractivity contribution in [2.75, 3.05) is 5.32 Å². The molecule has 0 saturated heterocycles. The monoisotopic (exact) mass is 582 g/mol. The average molecular weight is 583 g/mol. The quantitative estimate of drug-likeness (QED) is 0.191. The fourth-order valence-electron chi connectivity index (χ4n) is 4.37. The molecular weight excluding hydrogens is 559 g/mol. The van der Waals surface area contributed by atoms with Gasteiger partial charge in [-0.2, -0.15) is 0 Å². The first-order valence-electron chi connectivity index (χ1n) is 12.9. The van der Waals surface area contributed by atoms with Gasteiger partial charge in [-0.1, -0.05) is 54.1 Å². The Balaban J connectivity index is 1.48. The van der Waals surface area contributed by atoms with Gasteiger partial charge in [-0.25, -0.2) is 9.18 Å². The van der Waals surface area contributed by atoms with Crippen LogP contribution in [-0.4, -0.2) is 21.6 Å². The Bertz CT molecular complexity index is 1770. The second kappa shape index (κ2) is 12.5. The molecule has 0 radical (unpaired) electrons. The van der Waals surface area contributed by atoms with Crippen LogP contribution in [0.2, 0.25) is 5.02 Å². The standard InChI is InChI=1S/C33H24ClFN2O5/c34-25-12-6-21(7-13-25)18-30(33(40)41)37-20-24(22-8-14-26(35)15-9-22)19-29(32(37)39)36-31(38)23-10-16-28(17-11-23)42-27-4-2-1-3-5-27/h1-17,19-20,30H,18H2,(H,36,38)(H,40,41). The molecule has 1 unspecified atom stereocenters. The largest absolute Gasteiger partial charge is 0.480 e. The minimum Gasteiger partial charge on any atom is -0.480 e. The molecule has 0 bridgehead atoms. The lowest BCUT2D eigenvalue weighted by Gasteiger charge is -2.19. The van der Waals surface area contributed by atoms with Crippen molar-refractivity contribution in [3.05, 3.63) is 148 Å². The van der Waals surface area contributed by atoms with Crippen molar-refractivity contribution < 1.29 is 23.8 Å². The van der Waals surface area contributed by atoms with E-state index >= 15 is 0 Å². The Labute approximate surface area is 245 Å². The minimum absolute atomic E-state index is 0.0183. The zero-order chi connectivity index (χ0) is 29.6. The molecule has 0 fully saturated rings. The van der Waals surface area contributed by atoms with E-state index in [1.165, 1.54) is 36.5 Å². The lowest BCUT2D eigenvalue weighted by Crippen LogP contribution is -2.33. The molecule has 0 aliphatic rings. The molecule has 0 aliphatic carbocycles. The Kier molecular flexibility index (Phi) is 8.45. The number of para-hydroxylation sites is 1. The number of carboxylic acid groups (broad SMARTS) is 1. The number of hydrogen-bond acceptors (Lipinski definition) is 4. The van der Waals surface area contributed by atoms with E-state index in [1.54, 1.807) is 60.7 Å². The van der Waals surface area contributed by atoms with E-state index in [-0.39, 0.29) is 17.7 Å². The number of halogens is 2. The van der Waals surface area contributed by atoms with Gasteiger partial charge in [0.05, 0.1) is 0 Å². The Morgan fingerprint density at radius 2 is 1.50 bits per heavy atom. The molecular formula is C33H24ClFN2O5. The highest BCUT2D eigenvalue weighted by Crippen LogP contribution is 2.25. The molecule has 210 valence electrons. The maximum Gasteiger partial charge on any atom is 0.327 e. The first-order valence-corrected chi connectivity index (χ1v) is 13.3. The highest BCUT2D eigenvalue weighted by atomic mass is 35.5. The number of anilines is 1. The molecule has 1 amide bonds. The Morgan fingerprint density at radius 3 is 2.14 bits per heavy atom. The van der Waals surface area contributed by atoms with Crippen molar-refractivity contribution in [2.45, 2.75) is 12.5 Å². The smallest absolute Gasteiger partial charge is 0.327 e. The third kappa shape index (κ3) is 6.74. The van der Waals surface area contributed by atoms with Crippen LogP contribution in [0.4, 0.5) is 10.1 Å². The van der Waals surface area contributed by atoms with E-state index in [9.17, 15) is 23.9 Å². The van der Waals surface area contributed by atoms with Crippen LogP contribution >= 0.6 is 11.6 Å². The van der Waals surface area contributed by atoms with Crippen molar-refractivity contribution in [1.82, 2.24) is 4.57 Å². The number of benzene rings is 4. The van der Waals surface area contributed by atoms with Crippen LogP contribution in [0.1, 0.15) is 22.0 Å². The molecule has 1 atom stereocenters. The van der Waals surface area contributed by atoms with Crippen molar-refractivity contribution in [3.8, 4) is 22.6 Å². The van der Waals surface area contributed by atoms with E-state index in [0.717, 1.165) is 4.57 Å². The summed E-state index contributed by atoms with van der Waals surface area (Å²) < 4.78 is 20.5. The number of hydrogen-bond donors (Lipinski definition) is 2. The molecule has 1 aromatic heterocycles. The van der Waals surface area contributed by atoms with Gasteiger partial charge in [-0.3, -0.25) is 14.2 Å². The third-order valence-corrected chi connectivity index (χ3v) is 6.78. The fraction of sp³-hybridized carbons (Fsp3) is 0.0606. The molecule has 0 saturated carbocycles. The van der Waals surface area contributed by atoms with E-state index < -0.39 is 29.3 Å². The maximum atomic E-state index is 13.6. The predicted octanol–water partition coefficient (Wildman–Crippen LogP) is 7.22. The summed E-state index contributed by atoms with van der Waals surface area (Å²) in [7, 11) is 0. The molecule has 5 aromatic rings. The number of aromatic nitrogens is 1. The van der Waals surface area contributed by atoms with Crippen LogP contribution in [0.15, 0.2) is 120 Å². The van der Waals surface area contributed by atoms with Gasteiger partial charge < -0.3 is 15.2 Å². The van der Waals surface area contributed by atoms with Crippen molar-refractivity contribution in [2.24, 2.45) is 0 Å². The van der Waals surface area contributed by atoms with Crippen LogP contribution in [0.5, 0.6) is 11.5 Å². The predicted molar refractivity (Wildman–Crippen MR) is 159 cm³/mol. The molecule has 7 nitrogen and oxygen atoms in total. The molecule has 1 heterocycles. The number of pyridine rings is 1. The second-order valence-electron chi connectivity index (χ2n) is 9.44. The van der Waals surface area contributed by atoms with E-state index in [2.05, 4.69) is 5.32 Å². The molecule has 5 rings (SSSR count). The van der Waals surface area contributed by atoms with Gasteiger partial charge in [0.25, 0.3) is 11.5 Å². The van der Waals surface area contributed by atoms with Crippen molar-refractivity contribution >= 4 is 29.2 Å².